The van der Waals surface area contributed by atoms with Crippen molar-refractivity contribution in [3.63, 3.8) is 0 Å². The number of rotatable bonds is 3. The molecule has 2 aromatic rings. The minimum absolute atomic E-state index is 0.465. The van der Waals surface area contributed by atoms with E-state index in [4.69, 9.17) is 4.42 Å². The summed E-state index contributed by atoms with van der Waals surface area (Å²) in [5.74, 6) is 0.884. The molecule has 2 heterocycles. The Kier molecular flexibility index (Phi) is 3.31. The van der Waals surface area contributed by atoms with Crippen molar-refractivity contribution in [2.45, 2.75) is 29.9 Å². The van der Waals surface area contributed by atoms with E-state index < -0.39 is 6.10 Å². The van der Waals surface area contributed by atoms with E-state index in [1.807, 2.05) is 25.1 Å². The second-order valence-corrected chi connectivity index (χ2v) is 4.61. The lowest BCUT2D eigenvalue weighted by molar-refractivity contribution is 0.199. The topological polar surface area (TPSA) is 46.3 Å². The van der Waals surface area contributed by atoms with Gasteiger partial charge < -0.3 is 9.52 Å². The van der Waals surface area contributed by atoms with Crippen LogP contribution in [0, 0.1) is 6.92 Å². The molecule has 4 heteroatoms. The third-order valence-electron chi connectivity index (χ3n) is 2.27. The van der Waals surface area contributed by atoms with E-state index in [1.54, 1.807) is 19.4 Å². The smallest absolute Gasteiger partial charge is 0.114 e. The van der Waals surface area contributed by atoms with Crippen LogP contribution in [0.25, 0.3) is 0 Å². The van der Waals surface area contributed by atoms with Crippen molar-refractivity contribution < 1.29 is 9.52 Å². The molecule has 0 amide bonds. The molecule has 0 radical (unpaired) electrons. The molecule has 0 unspecified atom stereocenters. The lowest BCUT2D eigenvalue weighted by Gasteiger charge is -2.05. The SMILES string of the molecule is Cc1occc1Sc1cc([C@@H](C)O)ccn1. The van der Waals surface area contributed by atoms with Crippen molar-refractivity contribution >= 4 is 11.8 Å². The van der Waals surface area contributed by atoms with Crippen LogP contribution in [0.2, 0.25) is 0 Å². The first-order valence-electron chi connectivity index (χ1n) is 5.03. The first-order chi connectivity index (χ1) is 7.66. The highest BCUT2D eigenvalue weighted by atomic mass is 32.2. The van der Waals surface area contributed by atoms with Gasteiger partial charge in [-0.25, -0.2) is 4.98 Å². The summed E-state index contributed by atoms with van der Waals surface area (Å²) < 4.78 is 5.22. The van der Waals surface area contributed by atoms with Crippen LogP contribution in [0.3, 0.4) is 0 Å². The maximum absolute atomic E-state index is 9.47. The van der Waals surface area contributed by atoms with Gasteiger partial charge in [-0.2, -0.15) is 0 Å². The van der Waals surface area contributed by atoms with E-state index in [0.29, 0.717) is 0 Å². The lowest BCUT2D eigenvalue weighted by atomic mass is 10.2. The van der Waals surface area contributed by atoms with E-state index in [2.05, 4.69) is 4.98 Å². The van der Waals surface area contributed by atoms with Gasteiger partial charge in [-0.05, 0) is 37.6 Å². The van der Waals surface area contributed by atoms with Crippen molar-refractivity contribution in [3.05, 3.63) is 42.0 Å². The van der Waals surface area contributed by atoms with Crippen LogP contribution in [-0.4, -0.2) is 10.1 Å². The fourth-order valence-corrected chi connectivity index (χ4v) is 2.18. The molecule has 0 saturated heterocycles. The van der Waals surface area contributed by atoms with Gasteiger partial charge in [0, 0.05) is 6.20 Å². The van der Waals surface area contributed by atoms with E-state index in [9.17, 15) is 5.11 Å². The fraction of sp³-hybridized carbons (Fsp3) is 0.250. The molecule has 1 N–H and O–H groups in total. The molecule has 0 fully saturated rings. The van der Waals surface area contributed by atoms with E-state index in [-0.39, 0.29) is 0 Å². The predicted octanol–water partition coefficient (Wildman–Crippen LogP) is 3.19. The Balaban J connectivity index is 2.22. The molecule has 0 saturated carbocycles. The van der Waals surface area contributed by atoms with Crippen LogP contribution in [0.1, 0.15) is 24.4 Å². The summed E-state index contributed by atoms with van der Waals surface area (Å²) in [6.07, 6.45) is 2.91. The Morgan fingerprint density at radius 2 is 2.25 bits per heavy atom. The van der Waals surface area contributed by atoms with Gasteiger partial charge in [-0.15, -0.1) is 0 Å². The molecule has 0 aliphatic heterocycles. The zero-order valence-electron chi connectivity index (χ0n) is 9.18. The van der Waals surface area contributed by atoms with Gasteiger partial charge >= 0.3 is 0 Å². The van der Waals surface area contributed by atoms with Crippen LogP contribution in [-0.2, 0) is 0 Å². The average molecular weight is 235 g/mol. The van der Waals surface area contributed by atoms with Crippen molar-refractivity contribution in [3.8, 4) is 0 Å². The van der Waals surface area contributed by atoms with Gasteiger partial charge in [0.1, 0.15) is 10.8 Å². The molecule has 0 aliphatic rings. The second-order valence-electron chi connectivity index (χ2n) is 3.55. The Labute approximate surface area is 98.5 Å². The van der Waals surface area contributed by atoms with Crippen LogP contribution in [0.5, 0.6) is 0 Å². The Hall–Kier alpha value is -1.26. The highest BCUT2D eigenvalue weighted by Crippen LogP contribution is 2.30. The van der Waals surface area contributed by atoms with Crippen molar-refractivity contribution in [1.82, 2.24) is 4.98 Å². The number of hydrogen-bond acceptors (Lipinski definition) is 4. The molecule has 16 heavy (non-hydrogen) atoms. The standard InChI is InChI=1S/C12H13NO2S/c1-8(14)10-3-5-13-12(7-10)16-11-4-6-15-9(11)2/h3-8,14H,1-2H3/t8-/m1/s1. The summed E-state index contributed by atoms with van der Waals surface area (Å²) in [5.41, 5.74) is 0.874. The van der Waals surface area contributed by atoms with E-state index in [1.165, 1.54) is 11.8 Å². The molecule has 2 aromatic heterocycles. The summed E-state index contributed by atoms with van der Waals surface area (Å²) in [6.45, 7) is 3.66. The lowest BCUT2D eigenvalue weighted by Crippen LogP contribution is -1.92. The van der Waals surface area contributed by atoms with Crippen LogP contribution in [0.15, 0.2) is 45.0 Å². The normalized spacial score (nSPS) is 12.7. The number of aliphatic hydroxyl groups excluding tert-OH is 1. The van der Waals surface area contributed by atoms with Gasteiger partial charge in [0.15, 0.2) is 0 Å². The summed E-state index contributed by atoms with van der Waals surface area (Å²) >= 11 is 1.54. The summed E-state index contributed by atoms with van der Waals surface area (Å²) in [6, 6.07) is 5.62. The van der Waals surface area contributed by atoms with E-state index in [0.717, 1.165) is 21.2 Å². The largest absolute Gasteiger partial charge is 0.468 e. The number of hydrogen-bond donors (Lipinski definition) is 1. The van der Waals surface area contributed by atoms with Crippen LogP contribution >= 0.6 is 11.8 Å². The molecule has 2 rings (SSSR count). The summed E-state index contributed by atoms with van der Waals surface area (Å²) in [4.78, 5) is 5.30. The molecule has 0 bridgehead atoms. The molecular formula is C12H13NO2S. The predicted molar refractivity (Wildman–Crippen MR) is 62.4 cm³/mol. The Bertz CT molecular complexity index is 479. The minimum atomic E-state index is -0.465. The Morgan fingerprint density at radius 1 is 1.44 bits per heavy atom. The molecule has 0 spiro atoms. The molecule has 0 aromatic carbocycles. The average Bonchev–Trinajstić information content (AvgIpc) is 2.65. The van der Waals surface area contributed by atoms with Crippen molar-refractivity contribution in [2.24, 2.45) is 0 Å². The molecule has 3 nitrogen and oxygen atoms in total. The molecule has 0 aliphatic carbocycles. The molecule has 84 valence electrons. The number of furan rings is 1. The van der Waals surface area contributed by atoms with Crippen molar-refractivity contribution in [2.75, 3.05) is 0 Å². The summed E-state index contributed by atoms with van der Waals surface area (Å²) in [5, 5.41) is 10.3. The van der Waals surface area contributed by atoms with Gasteiger partial charge in [0.05, 0.1) is 17.3 Å². The molecular weight excluding hydrogens is 222 g/mol. The van der Waals surface area contributed by atoms with Gasteiger partial charge in [0.2, 0.25) is 0 Å². The quantitative estimate of drug-likeness (QED) is 0.887. The van der Waals surface area contributed by atoms with E-state index >= 15 is 0 Å². The number of aryl methyl sites for hydroxylation is 1. The van der Waals surface area contributed by atoms with Crippen LogP contribution < -0.4 is 0 Å². The fourth-order valence-electron chi connectivity index (χ4n) is 1.33. The first kappa shape index (κ1) is 11.2. The third-order valence-corrected chi connectivity index (χ3v) is 3.34. The number of pyridine rings is 1. The number of aliphatic hydroxyl groups is 1. The van der Waals surface area contributed by atoms with Gasteiger partial charge in [0.25, 0.3) is 0 Å². The minimum Gasteiger partial charge on any atom is -0.468 e. The maximum Gasteiger partial charge on any atom is 0.114 e. The van der Waals surface area contributed by atoms with Crippen LogP contribution in [0.4, 0.5) is 0 Å². The van der Waals surface area contributed by atoms with Crippen molar-refractivity contribution in [1.29, 1.82) is 0 Å². The van der Waals surface area contributed by atoms with Gasteiger partial charge in [-0.1, -0.05) is 11.8 Å². The highest BCUT2D eigenvalue weighted by molar-refractivity contribution is 7.99. The monoisotopic (exact) mass is 235 g/mol. The van der Waals surface area contributed by atoms with Gasteiger partial charge in [-0.3, -0.25) is 0 Å². The summed E-state index contributed by atoms with van der Waals surface area (Å²) in [7, 11) is 0. The number of nitrogens with zero attached hydrogens (tertiary/aromatic N) is 1. The zero-order chi connectivity index (χ0) is 11.5. The second kappa shape index (κ2) is 4.72. The highest BCUT2D eigenvalue weighted by Gasteiger charge is 2.07. The Morgan fingerprint density at radius 3 is 2.88 bits per heavy atom. The zero-order valence-corrected chi connectivity index (χ0v) is 9.99. The number of aromatic nitrogens is 1. The maximum atomic E-state index is 9.47. The third kappa shape index (κ3) is 2.46. The molecule has 1 atom stereocenters. The first-order valence-corrected chi connectivity index (χ1v) is 5.84.